The molecule has 2 heterocycles. The molecular weight excluding hydrogens is 259 g/mol. The zero-order chi connectivity index (χ0) is 14.1. The Morgan fingerprint density at radius 2 is 2.20 bits per heavy atom. The van der Waals surface area contributed by atoms with Crippen LogP contribution in [0.3, 0.4) is 0 Å². The number of halogens is 1. The summed E-state index contributed by atoms with van der Waals surface area (Å²) in [6.07, 6.45) is 1.86. The molecule has 0 radical (unpaired) electrons. The SMILES string of the molecule is CN1CCC(NC(=O)c2n[nH]c3ccc(F)cc23)CC1. The van der Waals surface area contributed by atoms with Gasteiger partial charge >= 0.3 is 0 Å². The molecule has 1 aromatic carbocycles. The van der Waals surface area contributed by atoms with E-state index in [9.17, 15) is 9.18 Å². The first kappa shape index (κ1) is 13.1. The van der Waals surface area contributed by atoms with Crippen molar-refractivity contribution in [3.63, 3.8) is 0 Å². The van der Waals surface area contributed by atoms with Crippen LogP contribution >= 0.6 is 0 Å². The Bertz CT molecular complexity index is 631. The van der Waals surface area contributed by atoms with Crippen LogP contribution in [0, 0.1) is 5.82 Å². The minimum atomic E-state index is -0.368. The van der Waals surface area contributed by atoms with Crippen molar-refractivity contribution in [1.82, 2.24) is 20.4 Å². The molecule has 0 bridgehead atoms. The maximum Gasteiger partial charge on any atom is 0.272 e. The molecule has 0 aliphatic carbocycles. The van der Waals surface area contributed by atoms with Crippen LogP contribution in [-0.2, 0) is 0 Å². The third-order valence-electron chi connectivity index (χ3n) is 3.79. The number of rotatable bonds is 2. The van der Waals surface area contributed by atoms with Gasteiger partial charge in [0.1, 0.15) is 5.82 Å². The molecule has 0 saturated carbocycles. The lowest BCUT2D eigenvalue weighted by molar-refractivity contribution is 0.0913. The summed E-state index contributed by atoms with van der Waals surface area (Å²) in [7, 11) is 2.07. The number of piperidine rings is 1. The van der Waals surface area contributed by atoms with Crippen molar-refractivity contribution in [3.8, 4) is 0 Å². The van der Waals surface area contributed by atoms with Crippen LogP contribution in [0.4, 0.5) is 4.39 Å². The highest BCUT2D eigenvalue weighted by Gasteiger charge is 2.21. The van der Waals surface area contributed by atoms with Crippen LogP contribution in [0.5, 0.6) is 0 Å². The van der Waals surface area contributed by atoms with E-state index in [4.69, 9.17) is 0 Å². The molecule has 1 aliphatic rings. The Balaban J connectivity index is 1.77. The maximum absolute atomic E-state index is 13.3. The number of fused-ring (bicyclic) bond motifs is 1. The summed E-state index contributed by atoms with van der Waals surface area (Å²) in [4.78, 5) is 14.5. The fraction of sp³-hybridized carbons (Fsp3) is 0.429. The first-order valence-corrected chi connectivity index (χ1v) is 6.76. The van der Waals surface area contributed by atoms with E-state index in [1.54, 1.807) is 6.07 Å². The number of carbonyl (C=O) groups is 1. The number of amides is 1. The van der Waals surface area contributed by atoms with E-state index in [0.717, 1.165) is 25.9 Å². The second kappa shape index (κ2) is 5.20. The van der Waals surface area contributed by atoms with Crippen molar-refractivity contribution in [2.45, 2.75) is 18.9 Å². The molecule has 0 unspecified atom stereocenters. The van der Waals surface area contributed by atoms with Gasteiger partial charge in [0, 0.05) is 11.4 Å². The van der Waals surface area contributed by atoms with E-state index in [1.165, 1.54) is 12.1 Å². The Labute approximate surface area is 116 Å². The van der Waals surface area contributed by atoms with E-state index < -0.39 is 0 Å². The van der Waals surface area contributed by atoms with Crippen molar-refractivity contribution in [3.05, 3.63) is 29.7 Å². The highest BCUT2D eigenvalue weighted by atomic mass is 19.1. The number of benzene rings is 1. The molecule has 1 amide bonds. The standard InChI is InChI=1S/C14H17FN4O/c1-19-6-4-10(5-7-19)16-14(20)13-11-8-9(15)2-3-12(11)17-18-13/h2-3,8,10H,4-7H2,1H3,(H,16,20)(H,17,18). The smallest absolute Gasteiger partial charge is 0.272 e. The third-order valence-corrected chi connectivity index (χ3v) is 3.79. The molecule has 6 heteroatoms. The lowest BCUT2D eigenvalue weighted by Gasteiger charge is -2.29. The third kappa shape index (κ3) is 2.51. The van der Waals surface area contributed by atoms with Gasteiger partial charge in [0.15, 0.2) is 5.69 Å². The molecular formula is C14H17FN4O. The van der Waals surface area contributed by atoms with Crippen LogP contribution in [0.25, 0.3) is 10.9 Å². The molecule has 0 atom stereocenters. The molecule has 0 spiro atoms. The highest BCUT2D eigenvalue weighted by Crippen LogP contribution is 2.18. The van der Waals surface area contributed by atoms with E-state index >= 15 is 0 Å². The molecule has 1 fully saturated rings. The van der Waals surface area contributed by atoms with Gasteiger partial charge in [-0.15, -0.1) is 0 Å². The Hall–Kier alpha value is -1.95. The second-order valence-corrected chi connectivity index (χ2v) is 5.31. The fourth-order valence-corrected chi connectivity index (χ4v) is 2.57. The lowest BCUT2D eigenvalue weighted by atomic mass is 10.1. The Kier molecular flexibility index (Phi) is 3.40. The number of nitrogens with zero attached hydrogens (tertiary/aromatic N) is 2. The largest absolute Gasteiger partial charge is 0.348 e. The first-order valence-electron chi connectivity index (χ1n) is 6.76. The number of hydrogen-bond donors (Lipinski definition) is 2. The van der Waals surface area contributed by atoms with Gasteiger partial charge in [-0.05, 0) is 51.2 Å². The maximum atomic E-state index is 13.3. The van der Waals surface area contributed by atoms with Crippen molar-refractivity contribution >= 4 is 16.8 Å². The van der Waals surface area contributed by atoms with Gasteiger partial charge in [-0.25, -0.2) is 4.39 Å². The van der Waals surface area contributed by atoms with E-state index in [2.05, 4.69) is 27.5 Å². The van der Waals surface area contributed by atoms with Gasteiger partial charge in [0.25, 0.3) is 5.91 Å². The predicted molar refractivity (Wildman–Crippen MR) is 74.0 cm³/mol. The van der Waals surface area contributed by atoms with Crippen molar-refractivity contribution < 1.29 is 9.18 Å². The summed E-state index contributed by atoms with van der Waals surface area (Å²) in [5.41, 5.74) is 0.929. The zero-order valence-electron chi connectivity index (χ0n) is 11.3. The van der Waals surface area contributed by atoms with Gasteiger partial charge in [0.05, 0.1) is 5.52 Å². The highest BCUT2D eigenvalue weighted by molar-refractivity contribution is 6.04. The molecule has 1 aliphatic heterocycles. The summed E-state index contributed by atoms with van der Waals surface area (Å²) in [6, 6.07) is 4.44. The van der Waals surface area contributed by atoms with E-state index in [0.29, 0.717) is 10.9 Å². The van der Waals surface area contributed by atoms with Gasteiger partial charge < -0.3 is 10.2 Å². The van der Waals surface area contributed by atoms with Gasteiger partial charge in [-0.1, -0.05) is 0 Å². The van der Waals surface area contributed by atoms with Crippen LogP contribution in [0.2, 0.25) is 0 Å². The number of aromatic amines is 1. The van der Waals surface area contributed by atoms with Gasteiger partial charge in [-0.3, -0.25) is 9.89 Å². The van der Waals surface area contributed by atoms with E-state index in [1.807, 2.05) is 0 Å². The molecule has 1 saturated heterocycles. The van der Waals surface area contributed by atoms with Gasteiger partial charge in [-0.2, -0.15) is 5.10 Å². The summed E-state index contributed by atoms with van der Waals surface area (Å²) >= 11 is 0. The predicted octanol–water partition coefficient (Wildman–Crippen LogP) is 1.53. The van der Waals surface area contributed by atoms with Gasteiger partial charge in [0.2, 0.25) is 0 Å². The minimum absolute atomic E-state index is 0.166. The topological polar surface area (TPSA) is 61.0 Å². The Morgan fingerprint density at radius 3 is 2.95 bits per heavy atom. The van der Waals surface area contributed by atoms with Crippen molar-refractivity contribution in [2.75, 3.05) is 20.1 Å². The summed E-state index contributed by atoms with van der Waals surface area (Å²) in [6.45, 7) is 1.95. The average Bonchev–Trinajstić information content (AvgIpc) is 2.84. The number of likely N-dealkylation sites (tertiary alicyclic amines) is 1. The lowest BCUT2D eigenvalue weighted by Crippen LogP contribution is -2.43. The number of nitrogens with one attached hydrogen (secondary N) is 2. The molecule has 3 rings (SSSR count). The molecule has 1 aromatic heterocycles. The fourth-order valence-electron chi connectivity index (χ4n) is 2.57. The molecule has 2 N–H and O–H groups in total. The van der Waals surface area contributed by atoms with Crippen molar-refractivity contribution in [1.29, 1.82) is 0 Å². The summed E-state index contributed by atoms with van der Waals surface area (Å²) in [5.74, 6) is -0.608. The van der Waals surface area contributed by atoms with Crippen LogP contribution < -0.4 is 5.32 Å². The Morgan fingerprint density at radius 1 is 1.45 bits per heavy atom. The normalized spacial score (nSPS) is 17.5. The average molecular weight is 276 g/mol. The zero-order valence-corrected chi connectivity index (χ0v) is 11.3. The number of carbonyl (C=O) groups excluding carboxylic acids is 1. The summed E-state index contributed by atoms with van der Waals surface area (Å²) < 4.78 is 13.3. The minimum Gasteiger partial charge on any atom is -0.348 e. The van der Waals surface area contributed by atoms with Crippen LogP contribution in [-0.4, -0.2) is 47.2 Å². The first-order chi connectivity index (χ1) is 9.63. The molecule has 20 heavy (non-hydrogen) atoms. The number of H-pyrrole nitrogens is 1. The van der Waals surface area contributed by atoms with Crippen LogP contribution in [0.15, 0.2) is 18.2 Å². The summed E-state index contributed by atoms with van der Waals surface area (Å²) in [5, 5.41) is 10.3. The quantitative estimate of drug-likeness (QED) is 0.874. The number of hydrogen-bond acceptors (Lipinski definition) is 3. The molecule has 5 nitrogen and oxygen atoms in total. The molecule has 2 aromatic rings. The second-order valence-electron chi connectivity index (χ2n) is 5.31. The van der Waals surface area contributed by atoms with Crippen LogP contribution in [0.1, 0.15) is 23.3 Å². The van der Waals surface area contributed by atoms with Crippen molar-refractivity contribution in [2.24, 2.45) is 0 Å². The monoisotopic (exact) mass is 276 g/mol. The molecule has 106 valence electrons. The number of aromatic nitrogens is 2. The van der Waals surface area contributed by atoms with E-state index in [-0.39, 0.29) is 23.5 Å².